The predicted molar refractivity (Wildman–Crippen MR) is 111 cm³/mol. The second-order valence-electron chi connectivity index (χ2n) is 6.14. The number of halogens is 2. The molecule has 0 bridgehead atoms. The topological polar surface area (TPSA) is 88.4 Å². The summed E-state index contributed by atoms with van der Waals surface area (Å²) >= 11 is 3.27. The number of rotatable bonds is 5. The first-order valence-corrected chi connectivity index (χ1v) is 9.34. The Kier molecular flexibility index (Phi) is 6.18. The fraction of sp³-hybridized carbons (Fsp3) is 0.100. The maximum Gasteiger partial charge on any atom is 0.290 e. The van der Waals surface area contributed by atoms with Crippen LogP contribution < -0.4 is 10.7 Å². The second-order valence-corrected chi connectivity index (χ2v) is 7.00. The number of hydrogen-bond acceptors (Lipinski definition) is 4. The molecule has 2 N–H and O–H groups in total. The molecular weight excluding hydrogens is 441 g/mol. The predicted octanol–water partition coefficient (Wildman–Crippen LogP) is 3.73. The Balaban J connectivity index is 1.65. The van der Waals surface area contributed by atoms with Crippen molar-refractivity contribution in [3.63, 3.8) is 0 Å². The molecule has 1 heterocycles. The van der Waals surface area contributed by atoms with E-state index in [-0.39, 0.29) is 5.56 Å². The van der Waals surface area contributed by atoms with Gasteiger partial charge in [-0.25, -0.2) is 9.82 Å². The molecule has 0 unspecified atom stereocenters. The van der Waals surface area contributed by atoms with Crippen molar-refractivity contribution in [2.75, 3.05) is 5.32 Å². The average Bonchev–Trinajstić information content (AvgIpc) is 3.04. The van der Waals surface area contributed by atoms with Crippen molar-refractivity contribution in [1.82, 2.24) is 15.2 Å². The molecule has 2 amide bonds. The number of hydrazone groups is 1. The van der Waals surface area contributed by atoms with Gasteiger partial charge in [-0.2, -0.15) is 10.2 Å². The number of amides is 2. The highest BCUT2D eigenvalue weighted by Gasteiger charge is 2.14. The number of aryl methyl sites for hydroxylation is 1. The van der Waals surface area contributed by atoms with Crippen LogP contribution in [0.4, 0.5) is 10.1 Å². The lowest BCUT2D eigenvalue weighted by Crippen LogP contribution is -2.22. The Labute approximate surface area is 174 Å². The number of aromatic nitrogens is 2. The fourth-order valence-electron chi connectivity index (χ4n) is 2.55. The average molecular weight is 458 g/mol. The molecule has 0 aliphatic rings. The minimum Gasteiger partial charge on any atom is -0.322 e. The lowest BCUT2D eigenvalue weighted by atomic mass is 10.1. The number of benzene rings is 2. The summed E-state index contributed by atoms with van der Waals surface area (Å²) in [6.07, 6.45) is 1.53. The zero-order chi connectivity index (χ0) is 21.0. The molecule has 1 aromatic heterocycles. The van der Waals surface area contributed by atoms with Crippen LogP contribution >= 0.6 is 15.9 Å². The normalized spacial score (nSPS) is 11.2. The van der Waals surface area contributed by atoms with Gasteiger partial charge in [0.2, 0.25) is 0 Å². The first-order valence-electron chi connectivity index (χ1n) is 8.54. The van der Waals surface area contributed by atoms with Gasteiger partial charge in [0.15, 0.2) is 0 Å². The number of carbonyl (C=O) groups is 2. The lowest BCUT2D eigenvalue weighted by Gasteiger charge is -2.07. The molecule has 3 rings (SSSR count). The minimum absolute atomic E-state index is 0.232. The molecule has 3 aromatic rings. The highest BCUT2D eigenvalue weighted by Crippen LogP contribution is 2.15. The number of nitrogens with one attached hydrogen (secondary N) is 2. The highest BCUT2D eigenvalue weighted by atomic mass is 79.9. The molecule has 0 fully saturated rings. The van der Waals surface area contributed by atoms with E-state index in [9.17, 15) is 14.0 Å². The molecule has 29 heavy (non-hydrogen) atoms. The Hall–Kier alpha value is -3.33. The Morgan fingerprint density at radius 1 is 1.10 bits per heavy atom. The van der Waals surface area contributed by atoms with Crippen LogP contribution in [0.1, 0.15) is 33.3 Å². The van der Waals surface area contributed by atoms with Gasteiger partial charge in [-0.3, -0.25) is 14.3 Å². The van der Waals surface area contributed by atoms with E-state index in [4.69, 9.17) is 0 Å². The van der Waals surface area contributed by atoms with E-state index >= 15 is 0 Å². The van der Waals surface area contributed by atoms with Crippen LogP contribution in [0.25, 0.3) is 0 Å². The van der Waals surface area contributed by atoms with Crippen molar-refractivity contribution in [3.8, 4) is 0 Å². The molecule has 9 heteroatoms. The van der Waals surface area contributed by atoms with Crippen LogP contribution in [-0.4, -0.2) is 27.3 Å². The largest absolute Gasteiger partial charge is 0.322 e. The zero-order valence-corrected chi connectivity index (χ0v) is 17.2. The highest BCUT2D eigenvalue weighted by molar-refractivity contribution is 9.10. The van der Waals surface area contributed by atoms with Gasteiger partial charge < -0.3 is 5.32 Å². The van der Waals surface area contributed by atoms with Crippen molar-refractivity contribution < 1.29 is 14.0 Å². The van der Waals surface area contributed by atoms with Crippen LogP contribution in [0.15, 0.2) is 64.3 Å². The van der Waals surface area contributed by atoms with Crippen molar-refractivity contribution in [2.24, 2.45) is 12.1 Å². The quantitative estimate of drug-likeness (QED) is 0.451. The number of anilines is 1. The van der Waals surface area contributed by atoms with Crippen LogP contribution in [0.2, 0.25) is 0 Å². The lowest BCUT2D eigenvalue weighted by molar-refractivity contribution is 0.0944. The van der Waals surface area contributed by atoms with Gasteiger partial charge in [-0.15, -0.1) is 0 Å². The summed E-state index contributed by atoms with van der Waals surface area (Å²) in [6, 6.07) is 12.4. The van der Waals surface area contributed by atoms with E-state index in [1.807, 2.05) is 0 Å². The van der Waals surface area contributed by atoms with Crippen molar-refractivity contribution in [1.29, 1.82) is 0 Å². The first-order chi connectivity index (χ1) is 13.8. The van der Waals surface area contributed by atoms with Gasteiger partial charge in [0.25, 0.3) is 11.8 Å². The molecule has 148 valence electrons. The molecule has 0 aliphatic heterocycles. The molecule has 2 aromatic carbocycles. The molecule has 0 atom stereocenters. The maximum atomic E-state index is 13.2. The van der Waals surface area contributed by atoms with Crippen LogP contribution in [0, 0.1) is 5.82 Å². The number of hydrogen-bond donors (Lipinski definition) is 2. The molecule has 0 saturated heterocycles. The summed E-state index contributed by atoms with van der Waals surface area (Å²) in [5.41, 5.74) is 4.98. The van der Waals surface area contributed by atoms with Gasteiger partial charge in [-0.1, -0.05) is 18.2 Å². The Bertz CT molecular complexity index is 1070. The summed E-state index contributed by atoms with van der Waals surface area (Å²) in [5.74, 6) is -1.27. The molecular formula is C20H17BrFN5O2. The van der Waals surface area contributed by atoms with Crippen molar-refractivity contribution in [2.45, 2.75) is 6.92 Å². The molecule has 7 nitrogen and oxygen atoms in total. The molecule has 0 aliphatic carbocycles. The summed E-state index contributed by atoms with van der Waals surface area (Å²) < 4.78 is 15.3. The number of nitrogens with zero attached hydrogens (tertiary/aromatic N) is 3. The smallest absolute Gasteiger partial charge is 0.290 e. The SMILES string of the molecule is C/C(=N\NC(=O)c1c(Br)cnn1C)c1ccc(NC(=O)c2cccc(F)c2)cc1. The Morgan fingerprint density at radius 3 is 2.45 bits per heavy atom. The van der Waals surface area contributed by atoms with Crippen LogP contribution in [-0.2, 0) is 7.05 Å². The van der Waals surface area contributed by atoms with E-state index in [0.717, 1.165) is 5.56 Å². The summed E-state index contributed by atoms with van der Waals surface area (Å²) in [4.78, 5) is 24.4. The number of carbonyl (C=O) groups excluding carboxylic acids is 2. The van der Waals surface area contributed by atoms with E-state index in [0.29, 0.717) is 21.6 Å². The summed E-state index contributed by atoms with van der Waals surface area (Å²) in [6.45, 7) is 1.75. The van der Waals surface area contributed by atoms with Crippen LogP contribution in [0.5, 0.6) is 0 Å². The third-order valence-electron chi connectivity index (χ3n) is 4.08. The third kappa shape index (κ3) is 4.94. The molecule has 0 saturated carbocycles. The zero-order valence-electron chi connectivity index (χ0n) is 15.6. The minimum atomic E-state index is -0.472. The summed E-state index contributed by atoms with van der Waals surface area (Å²) in [5, 5.41) is 10.8. The standard InChI is InChI=1S/C20H17BrFN5O2/c1-12(25-26-20(29)18-17(21)11-23-27(18)2)13-6-8-16(9-7-13)24-19(28)14-4-3-5-15(22)10-14/h3-11H,1-2H3,(H,24,28)(H,26,29)/b25-12+. The van der Waals surface area contributed by atoms with Crippen LogP contribution in [0.3, 0.4) is 0 Å². The first kappa shape index (κ1) is 20.4. The van der Waals surface area contributed by atoms with Gasteiger partial charge in [0.05, 0.1) is 16.4 Å². The van der Waals surface area contributed by atoms with Crippen molar-refractivity contribution >= 4 is 39.1 Å². The van der Waals surface area contributed by atoms with E-state index < -0.39 is 17.6 Å². The third-order valence-corrected chi connectivity index (χ3v) is 4.66. The van der Waals surface area contributed by atoms with Gasteiger partial charge in [0, 0.05) is 18.3 Å². The van der Waals surface area contributed by atoms with E-state index in [2.05, 4.69) is 36.9 Å². The van der Waals surface area contributed by atoms with E-state index in [1.165, 1.54) is 35.1 Å². The van der Waals surface area contributed by atoms with Gasteiger partial charge in [0.1, 0.15) is 11.5 Å². The fourth-order valence-corrected chi connectivity index (χ4v) is 3.07. The van der Waals surface area contributed by atoms with Gasteiger partial charge >= 0.3 is 0 Å². The molecule has 0 spiro atoms. The maximum absolute atomic E-state index is 13.2. The van der Waals surface area contributed by atoms with Crippen molar-refractivity contribution in [3.05, 3.63) is 81.8 Å². The van der Waals surface area contributed by atoms with E-state index in [1.54, 1.807) is 38.2 Å². The second kappa shape index (κ2) is 8.78. The summed E-state index contributed by atoms with van der Waals surface area (Å²) in [7, 11) is 1.66. The monoisotopic (exact) mass is 457 g/mol. The van der Waals surface area contributed by atoms with Gasteiger partial charge in [-0.05, 0) is 58.7 Å². The Morgan fingerprint density at radius 2 is 1.83 bits per heavy atom. The molecule has 0 radical (unpaired) electrons.